The number of methoxy groups -OCH3 is 1. The summed E-state index contributed by atoms with van der Waals surface area (Å²) >= 11 is 6.01. The highest BCUT2D eigenvalue weighted by Gasteiger charge is 2.26. The van der Waals surface area contributed by atoms with E-state index < -0.39 is 0 Å². The van der Waals surface area contributed by atoms with Gasteiger partial charge in [0.15, 0.2) is 0 Å². The lowest BCUT2D eigenvalue weighted by Gasteiger charge is -2.34. The number of aromatic nitrogens is 1. The first-order valence-electron chi connectivity index (χ1n) is 10.1. The quantitative estimate of drug-likeness (QED) is 0.577. The standard InChI is InChI=1S/C24H21ClN4O3/c1-31-20-8-5-17(6-9-20)7-10-22-27-21(16-26)24(32-22)29-13-11-28(12-14-29)23(30)18-3-2-4-19(25)15-18/h2-10,15H,11-14H2,1H3. The summed E-state index contributed by atoms with van der Waals surface area (Å²) in [4.78, 5) is 20.7. The number of benzene rings is 2. The number of piperazine rings is 1. The molecule has 1 aromatic heterocycles. The summed E-state index contributed by atoms with van der Waals surface area (Å²) in [5.74, 6) is 1.50. The summed E-state index contributed by atoms with van der Waals surface area (Å²) in [6, 6.07) is 16.6. The Morgan fingerprint density at radius 2 is 1.91 bits per heavy atom. The number of carbonyl (C=O) groups is 1. The number of amides is 1. The average molecular weight is 449 g/mol. The van der Waals surface area contributed by atoms with Crippen molar-refractivity contribution < 1.29 is 13.9 Å². The summed E-state index contributed by atoms with van der Waals surface area (Å²) in [5, 5.41) is 10.0. The van der Waals surface area contributed by atoms with Crippen molar-refractivity contribution in [1.29, 1.82) is 5.26 Å². The maximum absolute atomic E-state index is 12.7. The SMILES string of the molecule is COc1ccc(C=Cc2nc(C#N)c(N3CCN(C(=O)c4cccc(Cl)c4)CC3)o2)cc1. The van der Waals surface area contributed by atoms with Crippen LogP contribution in [0.15, 0.2) is 52.9 Å². The van der Waals surface area contributed by atoms with Crippen LogP contribution in [-0.4, -0.2) is 49.1 Å². The lowest BCUT2D eigenvalue weighted by Crippen LogP contribution is -2.48. The summed E-state index contributed by atoms with van der Waals surface area (Å²) in [6.07, 6.45) is 3.59. The second kappa shape index (κ2) is 9.58. The Bertz CT molecular complexity index is 1170. The van der Waals surface area contributed by atoms with Gasteiger partial charge >= 0.3 is 0 Å². The Labute approximate surface area is 191 Å². The molecular formula is C24H21ClN4O3. The minimum Gasteiger partial charge on any atom is -0.497 e. The summed E-state index contributed by atoms with van der Waals surface area (Å²) in [5.41, 5.74) is 1.75. The molecule has 0 aliphatic carbocycles. The summed E-state index contributed by atoms with van der Waals surface area (Å²) < 4.78 is 11.0. The highest BCUT2D eigenvalue weighted by Crippen LogP contribution is 2.25. The van der Waals surface area contributed by atoms with Crippen LogP contribution < -0.4 is 9.64 Å². The molecule has 1 saturated heterocycles. The Kier molecular flexibility index (Phi) is 6.43. The number of nitriles is 1. The molecule has 0 atom stereocenters. The van der Waals surface area contributed by atoms with Crippen LogP contribution in [0.3, 0.4) is 0 Å². The number of hydrogen-bond donors (Lipinski definition) is 0. The number of halogens is 1. The molecule has 1 aliphatic heterocycles. The number of hydrogen-bond acceptors (Lipinski definition) is 6. The zero-order valence-corrected chi connectivity index (χ0v) is 18.2. The smallest absolute Gasteiger partial charge is 0.254 e. The Balaban J connectivity index is 1.43. The van der Waals surface area contributed by atoms with E-state index in [2.05, 4.69) is 11.1 Å². The number of nitrogens with zero attached hydrogens (tertiary/aromatic N) is 4. The van der Waals surface area contributed by atoms with Crippen molar-refractivity contribution in [1.82, 2.24) is 9.88 Å². The van der Waals surface area contributed by atoms with Crippen molar-refractivity contribution in [3.05, 3.63) is 76.3 Å². The van der Waals surface area contributed by atoms with Crippen LogP contribution in [-0.2, 0) is 0 Å². The fraction of sp³-hybridized carbons (Fsp3) is 0.208. The molecule has 0 spiro atoms. The second-order valence-electron chi connectivity index (χ2n) is 7.21. The Morgan fingerprint density at radius 1 is 1.16 bits per heavy atom. The molecule has 1 amide bonds. The minimum atomic E-state index is -0.0617. The maximum Gasteiger partial charge on any atom is 0.254 e. The Morgan fingerprint density at radius 3 is 2.56 bits per heavy atom. The minimum absolute atomic E-state index is 0.0617. The molecule has 8 heteroatoms. The van der Waals surface area contributed by atoms with Crippen molar-refractivity contribution in [3.63, 3.8) is 0 Å². The van der Waals surface area contributed by atoms with Crippen molar-refractivity contribution in [3.8, 4) is 11.8 Å². The van der Waals surface area contributed by atoms with E-state index in [0.717, 1.165) is 11.3 Å². The van der Waals surface area contributed by atoms with E-state index in [-0.39, 0.29) is 11.6 Å². The molecule has 2 heterocycles. The van der Waals surface area contributed by atoms with Gasteiger partial charge < -0.3 is 19.0 Å². The van der Waals surface area contributed by atoms with Crippen LogP contribution in [0.4, 0.5) is 5.88 Å². The molecule has 0 N–H and O–H groups in total. The fourth-order valence-electron chi connectivity index (χ4n) is 3.49. The first kappa shape index (κ1) is 21.5. The monoisotopic (exact) mass is 448 g/mol. The van der Waals surface area contributed by atoms with Gasteiger partial charge in [0.05, 0.1) is 7.11 Å². The molecule has 0 saturated carbocycles. The van der Waals surface area contributed by atoms with Gasteiger partial charge in [0.2, 0.25) is 17.5 Å². The van der Waals surface area contributed by atoms with Crippen LogP contribution in [0, 0.1) is 11.3 Å². The molecule has 32 heavy (non-hydrogen) atoms. The van der Waals surface area contributed by atoms with Gasteiger partial charge in [0, 0.05) is 42.8 Å². The van der Waals surface area contributed by atoms with E-state index in [4.69, 9.17) is 20.8 Å². The first-order valence-corrected chi connectivity index (χ1v) is 10.5. The molecule has 0 bridgehead atoms. The van der Waals surface area contributed by atoms with Gasteiger partial charge in [-0.05, 0) is 42.0 Å². The van der Waals surface area contributed by atoms with Crippen molar-refractivity contribution in [2.75, 3.05) is 38.2 Å². The highest BCUT2D eigenvalue weighted by molar-refractivity contribution is 6.30. The third-order valence-corrected chi connectivity index (χ3v) is 5.43. The van der Waals surface area contributed by atoms with E-state index in [1.165, 1.54) is 0 Å². The van der Waals surface area contributed by atoms with Gasteiger partial charge in [-0.1, -0.05) is 29.8 Å². The van der Waals surface area contributed by atoms with Crippen LogP contribution in [0.25, 0.3) is 12.2 Å². The van der Waals surface area contributed by atoms with Crippen LogP contribution in [0.5, 0.6) is 5.75 Å². The number of oxazole rings is 1. The average Bonchev–Trinajstić information content (AvgIpc) is 3.26. The maximum atomic E-state index is 12.7. The topological polar surface area (TPSA) is 82.6 Å². The molecule has 1 aliphatic rings. The van der Waals surface area contributed by atoms with Gasteiger partial charge in [0.25, 0.3) is 5.91 Å². The number of anilines is 1. The molecule has 4 rings (SSSR count). The number of rotatable bonds is 5. The van der Waals surface area contributed by atoms with Crippen LogP contribution in [0.2, 0.25) is 5.02 Å². The molecule has 1 fully saturated rings. The van der Waals surface area contributed by atoms with Crippen LogP contribution in [0.1, 0.15) is 27.5 Å². The van der Waals surface area contributed by atoms with Crippen LogP contribution >= 0.6 is 11.6 Å². The number of carbonyl (C=O) groups excluding carboxylic acids is 1. The molecular weight excluding hydrogens is 428 g/mol. The second-order valence-corrected chi connectivity index (χ2v) is 7.65. The molecule has 2 aromatic carbocycles. The molecule has 0 unspecified atom stereocenters. The van der Waals surface area contributed by atoms with Gasteiger partial charge in [-0.25, -0.2) is 0 Å². The number of ether oxygens (including phenoxy) is 1. The third-order valence-electron chi connectivity index (χ3n) is 5.19. The largest absolute Gasteiger partial charge is 0.497 e. The molecule has 0 radical (unpaired) electrons. The van der Waals surface area contributed by atoms with E-state index in [1.54, 1.807) is 42.4 Å². The van der Waals surface area contributed by atoms with Crippen molar-refractivity contribution >= 4 is 35.5 Å². The predicted octanol–water partition coefficient (Wildman–Crippen LogP) is 4.34. The van der Waals surface area contributed by atoms with Gasteiger partial charge in [-0.15, -0.1) is 0 Å². The van der Waals surface area contributed by atoms with E-state index >= 15 is 0 Å². The summed E-state index contributed by atoms with van der Waals surface area (Å²) in [7, 11) is 1.62. The van der Waals surface area contributed by atoms with Gasteiger partial charge in [-0.3, -0.25) is 4.79 Å². The van der Waals surface area contributed by atoms with E-state index in [9.17, 15) is 10.1 Å². The molecule has 7 nitrogen and oxygen atoms in total. The molecule has 3 aromatic rings. The van der Waals surface area contributed by atoms with Gasteiger partial charge in [0.1, 0.15) is 11.8 Å². The summed E-state index contributed by atoms with van der Waals surface area (Å²) in [6.45, 7) is 2.09. The molecule has 162 valence electrons. The highest BCUT2D eigenvalue weighted by atomic mass is 35.5. The van der Waals surface area contributed by atoms with Crippen molar-refractivity contribution in [2.45, 2.75) is 0 Å². The Hall–Kier alpha value is -3.76. The van der Waals surface area contributed by atoms with Crippen molar-refractivity contribution in [2.24, 2.45) is 0 Å². The predicted molar refractivity (Wildman–Crippen MR) is 123 cm³/mol. The van der Waals surface area contributed by atoms with Gasteiger partial charge in [-0.2, -0.15) is 10.2 Å². The fourth-order valence-corrected chi connectivity index (χ4v) is 3.68. The van der Waals surface area contributed by atoms with E-state index in [0.29, 0.717) is 48.5 Å². The lowest BCUT2D eigenvalue weighted by atomic mass is 10.2. The third kappa shape index (κ3) is 4.76. The zero-order valence-electron chi connectivity index (χ0n) is 17.5. The lowest BCUT2D eigenvalue weighted by molar-refractivity contribution is 0.0745. The normalized spacial score (nSPS) is 13.9. The zero-order chi connectivity index (χ0) is 22.5. The van der Waals surface area contributed by atoms with E-state index in [1.807, 2.05) is 35.2 Å². The first-order chi connectivity index (χ1) is 15.6.